The molecule has 0 saturated heterocycles. The molecule has 0 unspecified atom stereocenters. The molecule has 68 heavy (non-hydrogen) atoms. The molecule has 0 aliphatic heterocycles. The maximum atomic E-state index is 5.35. The van der Waals surface area contributed by atoms with Gasteiger partial charge >= 0.3 is 0 Å². The van der Waals surface area contributed by atoms with Crippen LogP contribution in [-0.2, 0) is 0 Å². The molecule has 0 radical (unpaired) electrons. The van der Waals surface area contributed by atoms with Crippen molar-refractivity contribution < 1.29 is 0 Å². The van der Waals surface area contributed by atoms with Gasteiger partial charge < -0.3 is 0 Å². The second-order valence-electron chi connectivity index (χ2n) is 17.2. The molecule has 0 fully saturated rings. The van der Waals surface area contributed by atoms with Gasteiger partial charge in [-0.05, 0) is 96.1 Å². The number of hydrogen-bond donors (Lipinski definition) is 0. The Hall–Kier alpha value is -9.40. The molecule has 0 saturated carbocycles. The fourth-order valence-corrected chi connectivity index (χ4v) is 9.72. The van der Waals surface area contributed by atoms with E-state index in [1.54, 1.807) is 0 Å². The van der Waals surface area contributed by atoms with E-state index in [9.17, 15) is 0 Å². The Morgan fingerprint density at radius 3 is 0.647 bits per heavy atom. The van der Waals surface area contributed by atoms with Gasteiger partial charge in [-0.3, -0.25) is 19.9 Å². The van der Waals surface area contributed by atoms with Crippen molar-refractivity contribution in [3.8, 4) is 56.2 Å². The van der Waals surface area contributed by atoms with Crippen molar-refractivity contribution in [3.63, 3.8) is 0 Å². The minimum Gasteiger partial charge on any atom is -0.254 e. The maximum Gasteiger partial charge on any atom is 0.0972 e. The van der Waals surface area contributed by atoms with Crippen LogP contribution in [0.25, 0.3) is 143 Å². The third kappa shape index (κ3) is 6.30. The number of benzene rings is 6. The molecule has 0 bridgehead atoms. The molecule has 14 rings (SSSR count). The van der Waals surface area contributed by atoms with Crippen LogP contribution in [-0.4, -0.2) is 39.9 Å². The highest BCUT2D eigenvalue weighted by Gasteiger charge is 2.17. The van der Waals surface area contributed by atoms with Gasteiger partial charge in [0.25, 0.3) is 0 Å². The maximum absolute atomic E-state index is 5.35. The normalized spacial score (nSPS) is 11.8. The summed E-state index contributed by atoms with van der Waals surface area (Å²) >= 11 is 0. The molecule has 0 atom stereocenters. The van der Waals surface area contributed by atoms with E-state index in [0.717, 1.165) is 143 Å². The highest BCUT2D eigenvalue weighted by Crippen LogP contribution is 2.39. The molecule has 0 N–H and O–H groups in total. The van der Waals surface area contributed by atoms with Crippen molar-refractivity contribution in [3.05, 3.63) is 207 Å². The highest BCUT2D eigenvalue weighted by atomic mass is 14.8. The smallest absolute Gasteiger partial charge is 0.0972 e. The van der Waals surface area contributed by atoms with Crippen molar-refractivity contribution in [1.29, 1.82) is 0 Å². The van der Waals surface area contributed by atoms with Gasteiger partial charge in [0, 0.05) is 90.1 Å². The van der Waals surface area contributed by atoms with Crippen molar-refractivity contribution in [1.82, 2.24) is 39.9 Å². The molecule has 14 aromatic rings. The van der Waals surface area contributed by atoms with E-state index in [1.807, 2.05) is 49.1 Å². The average Bonchev–Trinajstić information content (AvgIpc) is 3.42. The molecular weight excluding hydrogens is 833 g/mol. The predicted molar refractivity (Wildman–Crippen MR) is 276 cm³/mol. The van der Waals surface area contributed by atoms with Gasteiger partial charge in [-0.25, -0.2) is 19.9 Å². The van der Waals surface area contributed by atoms with E-state index in [-0.39, 0.29) is 0 Å². The lowest BCUT2D eigenvalue weighted by Crippen LogP contribution is -1.94. The second kappa shape index (κ2) is 15.1. The lowest BCUT2D eigenvalue weighted by atomic mass is 9.92. The van der Waals surface area contributed by atoms with Crippen LogP contribution >= 0.6 is 0 Å². The second-order valence-corrected chi connectivity index (χ2v) is 17.2. The van der Waals surface area contributed by atoms with E-state index in [1.165, 1.54) is 0 Å². The minimum absolute atomic E-state index is 0.828. The van der Waals surface area contributed by atoms with Gasteiger partial charge in [0.15, 0.2) is 0 Å². The third-order valence-electron chi connectivity index (χ3n) is 13.1. The van der Waals surface area contributed by atoms with Gasteiger partial charge in [-0.1, -0.05) is 97.1 Å². The van der Waals surface area contributed by atoms with Crippen molar-refractivity contribution >= 4 is 87.2 Å². The van der Waals surface area contributed by atoms with Crippen LogP contribution in [0.2, 0.25) is 0 Å². The first kappa shape index (κ1) is 37.9. The predicted octanol–water partition coefficient (Wildman–Crippen LogP) is 14.4. The van der Waals surface area contributed by atoms with E-state index in [4.69, 9.17) is 39.9 Å². The molecular formula is C60H34N8. The van der Waals surface area contributed by atoms with E-state index >= 15 is 0 Å². The van der Waals surface area contributed by atoms with Crippen LogP contribution < -0.4 is 0 Å². The molecule has 0 aliphatic carbocycles. The molecule has 8 aromatic heterocycles. The van der Waals surface area contributed by atoms with E-state index in [2.05, 4.69) is 158 Å². The van der Waals surface area contributed by atoms with Crippen molar-refractivity contribution in [2.75, 3.05) is 0 Å². The number of nitrogens with zero attached hydrogens (tertiary/aromatic N) is 8. The summed E-state index contributed by atoms with van der Waals surface area (Å²) < 4.78 is 0. The van der Waals surface area contributed by atoms with Gasteiger partial charge in [-0.2, -0.15) is 0 Å². The molecule has 8 nitrogen and oxygen atoms in total. The molecule has 0 amide bonds. The Labute approximate surface area is 388 Å². The zero-order valence-electron chi connectivity index (χ0n) is 36.2. The van der Waals surface area contributed by atoms with Crippen molar-refractivity contribution in [2.24, 2.45) is 0 Å². The van der Waals surface area contributed by atoms with Crippen LogP contribution in [0, 0.1) is 0 Å². The number of fused-ring (bicyclic) bond motifs is 12. The summed E-state index contributed by atoms with van der Waals surface area (Å²) in [6, 6.07) is 63.3. The van der Waals surface area contributed by atoms with Crippen LogP contribution in [0.4, 0.5) is 0 Å². The van der Waals surface area contributed by atoms with Crippen LogP contribution in [0.3, 0.4) is 0 Å². The largest absolute Gasteiger partial charge is 0.254 e. The third-order valence-corrected chi connectivity index (χ3v) is 13.1. The lowest BCUT2D eigenvalue weighted by molar-refractivity contribution is 1.35. The number of hydrogen-bond acceptors (Lipinski definition) is 8. The van der Waals surface area contributed by atoms with Crippen LogP contribution in [0.5, 0.6) is 0 Å². The summed E-state index contributed by atoms with van der Waals surface area (Å²) in [6.45, 7) is 0. The zero-order chi connectivity index (χ0) is 44.7. The van der Waals surface area contributed by atoms with Gasteiger partial charge in [-0.15, -0.1) is 0 Å². The zero-order valence-corrected chi connectivity index (χ0v) is 36.2. The first-order valence-corrected chi connectivity index (χ1v) is 22.5. The molecule has 8 heterocycles. The Balaban J connectivity index is 1.03. The summed E-state index contributed by atoms with van der Waals surface area (Å²) in [5.74, 6) is 0. The molecule has 314 valence electrons. The van der Waals surface area contributed by atoms with Gasteiger partial charge in [0.1, 0.15) is 0 Å². The summed E-state index contributed by atoms with van der Waals surface area (Å²) in [6.07, 6.45) is 7.32. The summed E-state index contributed by atoms with van der Waals surface area (Å²) in [4.78, 5) is 40.5. The summed E-state index contributed by atoms with van der Waals surface area (Å²) in [5, 5.41) is 8.29. The minimum atomic E-state index is 0.828. The monoisotopic (exact) mass is 866 g/mol. The summed E-state index contributed by atoms with van der Waals surface area (Å²) in [7, 11) is 0. The Bertz CT molecular complexity index is 3860. The molecule has 0 spiro atoms. The SMILES string of the molecule is c1cnc2c(c1)ccc1ccc(-c3cc(-c4cc(-c5ccc6ccc7cccnc7c6n5)cc(-c5ccc6ccc7cccnc7c6n5)c4)cc(-c4ccc5ccc6cccnc6c5n4)c3)nc12. The van der Waals surface area contributed by atoms with Crippen molar-refractivity contribution in [2.45, 2.75) is 0 Å². The van der Waals surface area contributed by atoms with Gasteiger partial charge in [0.05, 0.1) is 66.9 Å². The standard InChI is InChI=1S/C60H34N8/c1-5-35-9-13-39-17-21-49(65-57(39)53(35)61-25-1)45-29-43(30-46(33-45)50-22-18-40-14-10-36-6-2-26-62-54(36)58(40)66-50)44-31-47(51-23-19-41-15-11-37-7-3-27-63-55(37)59(41)67-51)34-48(32-44)52-24-20-42-16-12-38-8-4-28-64-56(38)60(42)68-52/h1-34H. The first-order valence-electron chi connectivity index (χ1n) is 22.5. The van der Waals surface area contributed by atoms with Crippen LogP contribution in [0.1, 0.15) is 0 Å². The molecule has 6 aromatic carbocycles. The quantitative estimate of drug-likeness (QED) is 0.158. The lowest BCUT2D eigenvalue weighted by Gasteiger charge is -2.15. The fraction of sp³-hybridized carbons (Fsp3) is 0. The number of rotatable bonds is 5. The average molecular weight is 867 g/mol. The Morgan fingerprint density at radius 1 is 0.191 bits per heavy atom. The summed E-state index contributed by atoms with van der Waals surface area (Å²) in [5.41, 5.74) is 15.9. The molecule has 8 heteroatoms. The Kier molecular flexibility index (Phi) is 8.41. The van der Waals surface area contributed by atoms with E-state index in [0.29, 0.717) is 0 Å². The molecule has 0 aliphatic rings. The fourth-order valence-electron chi connectivity index (χ4n) is 9.72. The topological polar surface area (TPSA) is 103 Å². The van der Waals surface area contributed by atoms with E-state index < -0.39 is 0 Å². The first-order chi connectivity index (χ1) is 33.6. The van der Waals surface area contributed by atoms with Gasteiger partial charge in [0.2, 0.25) is 0 Å². The Morgan fingerprint density at radius 2 is 0.397 bits per heavy atom. The number of aromatic nitrogens is 8. The highest BCUT2D eigenvalue weighted by molar-refractivity contribution is 6.07. The number of pyridine rings is 8. The van der Waals surface area contributed by atoms with Crippen LogP contribution in [0.15, 0.2) is 207 Å².